The average Bonchev–Trinajstić information content (AvgIpc) is 3.87. The van der Waals surface area contributed by atoms with E-state index in [1.54, 1.807) is 0 Å². The summed E-state index contributed by atoms with van der Waals surface area (Å²) < 4.78 is 5.38. The number of benzene rings is 6. The van der Waals surface area contributed by atoms with Crippen LogP contribution in [0.3, 0.4) is 0 Å². The standard InChI is InChI=1S/C46H39BrN6/c1-2-3-24-44-48-43(36-26-28-40(47)29-27-36)33-52(44)32-34-25-30-41(35-16-8-4-9-17-35)42(31-34)45-49-50-51-53(45)46(37-18-10-5-11-19-37,38-20-12-6-13-21-38)39-22-14-7-15-23-39/h4-23,25-31,33H,2-3,24,32H2,1H3. The zero-order valence-electron chi connectivity index (χ0n) is 29.6. The number of aromatic nitrogens is 6. The van der Waals surface area contributed by atoms with E-state index in [-0.39, 0.29) is 0 Å². The second kappa shape index (κ2) is 15.4. The summed E-state index contributed by atoms with van der Waals surface area (Å²) in [6.45, 7) is 2.88. The van der Waals surface area contributed by atoms with Crippen LogP contribution in [0.4, 0.5) is 0 Å². The van der Waals surface area contributed by atoms with Crippen LogP contribution in [0.1, 0.15) is 47.8 Å². The Balaban J connectivity index is 1.33. The summed E-state index contributed by atoms with van der Waals surface area (Å²) in [6, 6.07) is 57.2. The Hall–Kier alpha value is -5.92. The molecule has 8 rings (SSSR count). The maximum Gasteiger partial charge on any atom is 0.184 e. The van der Waals surface area contributed by atoms with Crippen LogP contribution in [0.25, 0.3) is 33.8 Å². The Morgan fingerprint density at radius 3 is 1.79 bits per heavy atom. The van der Waals surface area contributed by atoms with Gasteiger partial charge in [-0.3, -0.25) is 0 Å². The molecular weight excluding hydrogens is 716 g/mol. The van der Waals surface area contributed by atoms with Crippen molar-refractivity contribution in [2.45, 2.75) is 38.3 Å². The lowest BCUT2D eigenvalue weighted by Crippen LogP contribution is -2.39. The van der Waals surface area contributed by atoms with Crippen LogP contribution in [0.5, 0.6) is 0 Å². The van der Waals surface area contributed by atoms with Gasteiger partial charge in [0.15, 0.2) is 5.82 Å². The molecule has 7 heteroatoms. The van der Waals surface area contributed by atoms with E-state index in [1.165, 1.54) is 0 Å². The summed E-state index contributed by atoms with van der Waals surface area (Å²) in [5.74, 6) is 1.76. The van der Waals surface area contributed by atoms with Crippen LogP contribution < -0.4 is 0 Å². The van der Waals surface area contributed by atoms with Gasteiger partial charge in [-0.2, -0.15) is 0 Å². The second-order valence-electron chi connectivity index (χ2n) is 13.2. The third-order valence-electron chi connectivity index (χ3n) is 9.88. The van der Waals surface area contributed by atoms with Crippen molar-refractivity contribution in [1.29, 1.82) is 0 Å². The van der Waals surface area contributed by atoms with Gasteiger partial charge in [-0.1, -0.05) is 175 Å². The van der Waals surface area contributed by atoms with Gasteiger partial charge in [-0.15, -0.1) is 5.10 Å². The van der Waals surface area contributed by atoms with Crippen LogP contribution in [-0.2, 0) is 18.5 Å². The molecule has 6 nitrogen and oxygen atoms in total. The maximum atomic E-state index is 5.14. The molecule has 0 fully saturated rings. The van der Waals surface area contributed by atoms with Crippen LogP contribution in [0, 0.1) is 0 Å². The number of hydrogen-bond donors (Lipinski definition) is 0. The van der Waals surface area contributed by atoms with Crippen LogP contribution in [0.2, 0.25) is 0 Å². The average molecular weight is 756 g/mol. The van der Waals surface area contributed by atoms with Gasteiger partial charge in [-0.05, 0) is 68.4 Å². The zero-order chi connectivity index (χ0) is 36.0. The molecule has 53 heavy (non-hydrogen) atoms. The molecule has 0 atom stereocenters. The van der Waals surface area contributed by atoms with Gasteiger partial charge >= 0.3 is 0 Å². The number of rotatable bonds is 12. The molecular formula is C46H39BrN6. The highest BCUT2D eigenvalue weighted by atomic mass is 79.9. The number of tetrazole rings is 1. The molecule has 0 unspecified atom stereocenters. The lowest BCUT2D eigenvalue weighted by molar-refractivity contribution is 0.451. The molecule has 0 amide bonds. The molecule has 2 heterocycles. The van der Waals surface area contributed by atoms with Crippen LogP contribution in [0.15, 0.2) is 174 Å². The van der Waals surface area contributed by atoms with E-state index in [9.17, 15) is 0 Å². The van der Waals surface area contributed by atoms with Crippen LogP contribution in [-0.4, -0.2) is 29.8 Å². The second-order valence-corrected chi connectivity index (χ2v) is 14.2. The van der Waals surface area contributed by atoms with Crippen molar-refractivity contribution in [2.75, 3.05) is 0 Å². The first-order valence-electron chi connectivity index (χ1n) is 18.1. The summed E-state index contributed by atoms with van der Waals surface area (Å²) in [4.78, 5) is 5.14. The number of nitrogens with zero attached hydrogens (tertiary/aromatic N) is 6. The molecule has 0 N–H and O–H groups in total. The van der Waals surface area contributed by atoms with Crippen molar-refractivity contribution >= 4 is 15.9 Å². The summed E-state index contributed by atoms with van der Waals surface area (Å²) in [7, 11) is 0. The first kappa shape index (κ1) is 34.2. The number of unbranched alkanes of at least 4 members (excludes halogenated alkanes) is 1. The van der Waals surface area contributed by atoms with Crippen molar-refractivity contribution in [1.82, 2.24) is 29.8 Å². The Bertz CT molecular complexity index is 2310. The topological polar surface area (TPSA) is 61.4 Å². The van der Waals surface area contributed by atoms with Crippen molar-refractivity contribution in [3.8, 4) is 33.8 Å². The van der Waals surface area contributed by atoms with Gasteiger partial charge < -0.3 is 4.57 Å². The SMILES string of the molecule is CCCCc1nc(-c2ccc(Br)cc2)cn1Cc1ccc(-c2ccccc2)c(-c2nnnn2C(c2ccccc2)(c2ccccc2)c2ccccc2)c1. The van der Waals surface area contributed by atoms with E-state index in [1.807, 2.05) is 10.7 Å². The first-order chi connectivity index (χ1) is 26.1. The molecule has 2 aromatic heterocycles. The molecule has 8 aromatic rings. The smallest absolute Gasteiger partial charge is 0.184 e. The molecule has 0 saturated heterocycles. The Labute approximate surface area is 319 Å². The predicted octanol–water partition coefficient (Wildman–Crippen LogP) is 10.9. The highest BCUT2D eigenvalue weighted by Gasteiger charge is 2.42. The quantitative estimate of drug-likeness (QED) is 0.117. The lowest BCUT2D eigenvalue weighted by Gasteiger charge is -2.36. The summed E-state index contributed by atoms with van der Waals surface area (Å²) in [6.07, 6.45) is 5.28. The minimum absolute atomic E-state index is 0.660. The summed E-state index contributed by atoms with van der Waals surface area (Å²) in [5, 5.41) is 14.1. The van der Waals surface area contributed by atoms with E-state index >= 15 is 0 Å². The Kier molecular flexibility index (Phi) is 9.91. The highest BCUT2D eigenvalue weighted by molar-refractivity contribution is 9.10. The summed E-state index contributed by atoms with van der Waals surface area (Å²) in [5.41, 5.74) is 8.62. The van der Waals surface area contributed by atoms with Gasteiger partial charge in [0.25, 0.3) is 0 Å². The lowest BCUT2D eigenvalue weighted by atomic mass is 9.77. The fourth-order valence-electron chi connectivity index (χ4n) is 7.31. The minimum atomic E-state index is -0.871. The number of hydrogen-bond acceptors (Lipinski definition) is 4. The number of aryl methyl sites for hydroxylation is 1. The van der Waals surface area contributed by atoms with E-state index < -0.39 is 5.54 Å². The fraction of sp³-hybridized carbons (Fsp3) is 0.130. The van der Waals surface area contributed by atoms with Gasteiger partial charge in [0.2, 0.25) is 0 Å². The molecule has 0 radical (unpaired) electrons. The monoisotopic (exact) mass is 754 g/mol. The summed E-state index contributed by atoms with van der Waals surface area (Å²) >= 11 is 3.58. The fourth-order valence-corrected chi connectivity index (χ4v) is 7.58. The molecule has 6 aromatic carbocycles. The Morgan fingerprint density at radius 2 is 1.21 bits per heavy atom. The number of halogens is 1. The number of imidazole rings is 1. The third-order valence-corrected chi connectivity index (χ3v) is 10.4. The van der Waals surface area contributed by atoms with E-state index in [4.69, 9.17) is 15.3 Å². The van der Waals surface area contributed by atoms with Crippen molar-refractivity contribution in [3.63, 3.8) is 0 Å². The molecule has 0 aliphatic rings. The van der Waals surface area contributed by atoms with Crippen molar-refractivity contribution in [2.24, 2.45) is 0 Å². The van der Waals surface area contributed by atoms with E-state index in [0.29, 0.717) is 12.4 Å². The molecule has 0 spiro atoms. The highest BCUT2D eigenvalue weighted by Crippen LogP contribution is 2.43. The van der Waals surface area contributed by atoms with E-state index in [2.05, 4.69) is 197 Å². The van der Waals surface area contributed by atoms with Gasteiger partial charge in [0.1, 0.15) is 11.4 Å². The normalized spacial score (nSPS) is 11.5. The predicted molar refractivity (Wildman–Crippen MR) is 216 cm³/mol. The van der Waals surface area contributed by atoms with Crippen molar-refractivity contribution < 1.29 is 0 Å². The maximum absolute atomic E-state index is 5.14. The minimum Gasteiger partial charge on any atom is -0.330 e. The van der Waals surface area contributed by atoms with Crippen molar-refractivity contribution in [3.05, 3.63) is 203 Å². The molecule has 0 saturated carbocycles. The van der Waals surface area contributed by atoms with E-state index in [0.717, 1.165) is 79.8 Å². The van der Waals surface area contributed by atoms with Gasteiger partial charge in [-0.25, -0.2) is 9.67 Å². The third kappa shape index (κ3) is 6.76. The largest absolute Gasteiger partial charge is 0.330 e. The van der Waals surface area contributed by atoms with Crippen LogP contribution >= 0.6 is 15.9 Å². The zero-order valence-corrected chi connectivity index (χ0v) is 31.1. The first-order valence-corrected chi connectivity index (χ1v) is 18.9. The molecule has 0 aliphatic carbocycles. The van der Waals surface area contributed by atoms with Gasteiger partial charge in [0.05, 0.1) is 5.69 Å². The molecule has 0 aliphatic heterocycles. The molecule has 260 valence electrons. The Morgan fingerprint density at radius 1 is 0.623 bits per heavy atom. The molecule has 0 bridgehead atoms. The van der Waals surface area contributed by atoms with Gasteiger partial charge in [0, 0.05) is 34.8 Å².